The topological polar surface area (TPSA) is 32.7 Å². The van der Waals surface area contributed by atoms with Crippen molar-refractivity contribution in [1.29, 1.82) is 0 Å². The van der Waals surface area contributed by atoms with E-state index in [9.17, 15) is 9.18 Å². The molecule has 1 aliphatic rings. The molecule has 30 heavy (non-hydrogen) atoms. The number of halogens is 1. The number of hydrogen-bond acceptors (Lipinski definition) is 3. The molecule has 0 saturated carbocycles. The number of unbranched alkanes of at least 4 members (excludes halogenated alkanes) is 1. The lowest BCUT2D eigenvalue weighted by Gasteiger charge is -2.17. The first kappa shape index (κ1) is 20.4. The van der Waals surface area contributed by atoms with Gasteiger partial charge < -0.3 is 4.90 Å². The van der Waals surface area contributed by atoms with Crippen LogP contribution in [0.3, 0.4) is 0 Å². The summed E-state index contributed by atoms with van der Waals surface area (Å²) in [5.41, 5.74) is 3.72. The summed E-state index contributed by atoms with van der Waals surface area (Å²) in [7, 11) is 1.83. The summed E-state index contributed by atoms with van der Waals surface area (Å²) in [6, 6.07) is 20.1. The third-order valence-corrected chi connectivity index (χ3v) is 6.23. The first-order chi connectivity index (χ1) is 14.6. The molecule has 0 unspecified atom stereocenters. The minimum atomic E-state index is -0.300. The first-order valence-corrected chi connectivity index (χ1v) is 10.9. The number of carbonyl (C=O) groups is 1. The van der Waals surface area contributed by atoms with Gasteiger partial charge in [-0.2, -0.15) is 0 Å². The monoisotopic (exact) mass is 418 g/mol. The van der Waals surface area contributed by atoms with Crippen LogP contribution >= 0.6 is 11.8 Å². The Hall–Kier alpha value is -2.92. The quantitative estimate of drug-likeness (QED) is 0.379. The van der Waals surface area contributed by atoms with Crippen LogP contribution in [0, 0.1) is 5.82 Å². The Morgan fingerprint density at radius 3 is 2.67 bits per heavy atom. The fourth-order valence-electron chi connectivity index (χ4n) is 3.45. The Morgan fingerprint density at radius 2 is 1.87 bits per heavy atom. The molecule has 0 spiro atoms. The van der Waals surface area contributed by atoms with E-state index in [0.29, 0.717) is 16.8 Å². The van der Waals surface area contributed by atoms with Crippen LogP contribution < -0.4 is 0 Å². The minimum Gasteiger partial charge on any atom is -0.342 e. The zero-order chi connectivity index (χ0) is 21.1. The van der Waals surface area contributed by atoms with Crippen molar-refractivity contribution < 1.29 is 9.18 Å². The highest BCUT2D eigenvalue weighted by atomic mass is 32.2. The van der Waals surface area contributed by atoms with E-state index in [0.717, 1.165) is 40.4 Å². The number of hydrogen-bond donors (Lipinski definition) is 0. The molecule has 1 heterocycles. The van der Waals surface area contributed by atoms with Gasteiger partial charge in [-0.1, -0.05) is 55.4 Å². The van der Waals surface area contributed by atoms with E-state index in [1.165, 1.54) is 12.1 Å². The fraction of sp³-hybridized carbons (Fsp3) is 0.200. The van der Waals surface area contributed by atoms with Crippen molar-refractivity contribution in [3.63, 3.8) is 0 Å². The molecule has 5 heteroatoms. The van der Waals surface area contributed by atoms with Crippen LogP contribution in [0.15, 0.2) is 81.5 Å². The number of fused-ring (bicyclic) bond motifs is 2. The summed E-state index contributed by atoms with van der Waals surface area (Å²) >= 11 is 1.62. The molecule has 3 nitrogen and oxygen atoms in total. The highest BCUT2D eigenvalue weighted by Gasteiger charge is 2.21. The molecule has 0 N–H and O–H groups in total. The predicted octanol–water partition coefficient (Wildman–Crippen LogP) is 6.33. The number of rotatable bonds is 5. The van der Waals surface area contributed by atoms with E-state index < -0.39 is 0 Å². The van der Waals surface area contributed by atoms with E-state index >= 15 is 0 Å². The number of nitrogens with zero attached hydrogens (tertiary/aromatic N) is 2. The summed E-state index contributed by atoms with van der Waals surface area (Å²) in [6.07, 6.45) is 2.01. The largest absolute Gasteiger partial charge is 0.342 e. The molecule has 0 radical (unpaired) electrons. The van der Waals surface area contributed by atoms with Crippen molar-refractivity contribution in [1.82, 2.24) is 4.90 Å². The summed E-state index contributed by atoms with van der Waals surface area (Å²) < 4.78 is 13.9. The smallest absolute Gasteiger partial charge is 0.253 e. The van der Waals surface area contributed by atoms with Crippen LogP contribution in [0.4, 0.5) is 10.1 Å². The normalized spacial score (nSPS) is 12.4. The lowest BCUT2D eigenvalue weighted by Crippen LogP contribution is -2.27. The van der Waals surface area contributed by atoms with Gasteiger partial charge in [0.1, 0.15) is 5.82 Å². The third kappa shape index (κ3) is 4.17. The van der Waals surface area contributed by atoms with Crippen molar-refractivity contribution in [2.75, 3.05) is 13.6 Å². The summed E-state index contributed by atoms with van der Waals surface area (Å²) in [6.45, 7) is 2.84. The Balaban J connectivity index is 1.81. The van der Waals surface area contributed by atoms with Gasteiger partial charge >= 0.3 is 0 Å². The van der Waals surface area contributed by atoms with E-state index in [1.54, 1.807) is 22.7 Å². The van der Waals surface area contributed by atoms with E-state index in [2.05, 4.69) is 6.92 Å². The molecule has 0 aromatic heterocycles. The molecule has 1 amide bonds. The molecule has 3 aromatic rings. The van der Waals surface area contributed by atoms with Crippen LogP contribution in [-0.4, -0.2) is 30.1 Å². The van der Waals surface area contributed by atoms with Crippen molar-refractivity contribution in [3.8, 4) is 0 Å². The Labute approximate surface area is 180 Å². The maximum atomic E-state index is 13.9. The van der Waals surface area contributed by atoms with Crippen LogP contribution in [0.1, 0.15) is 41.3 Å². The van der Waals surface area contributed by atoms with Crippen LogP contribution in [-0.2, 0) is 0 Å². The highest BCUT2D eigenvalue weighted by Crippen LogP contribution is 2.41. The lowest BCUT2D eigenvalue weighted by molar-refractivity contribution is 0.0793. The maximum absolute atomic E-state index is 13.9. The van der Waals surface area contributed by atoms with Gasteiger partial charge in [0.05, 0.1) is 11.4 Å². The van der Waals surface area contributed by atoms with Gasteiger partial charge in [0.15, 0.2) is 0 Å². The number of carbonyl (C=O) groups excluding carboxylic acids is 1. The molecule has 3 aromatic carbocycles. The van der Waals surface area contributed by atoms with E-state index in [-0.39, 0.29) is 11.7 Å². The number of aliphatic imine (C=N–C) groups is 1. The van der Waals surface area contributed by atoms with Gasteiger partial charge in [0, 0.05) is 40.1 Å². The van der Waals surface area contributed by atoms with Gasteiger partial charge in [-0.05, 0) is 42.8 Å². The summed E-state index contributed by atoms with van der Waals surface area (Å²) in [4.78, 5) is 21.6. The zero-order valence-corrected chi connectivity index (χ0v) is 17.9. The minimum absolute atomic E-state index is 0.0134. The van der Waals surface area contributed by atoms with Crippen LogP contribution in [0.2, 0.25) is 0 Å². The summed E-state index contributed by atoms with van der Waals surface area (Å²) in [5.74, 6) is -0.313. The second kappa shape index (κ2) is 8.84. The van der Waals surface area contributed by atoms with Crippen molar-refractivity contribution >= 4 is 29.1 Å². The molecule has 1 aliphatic heterocycles. The second-order valence-corrected chi connectivity index (χ2v) is 8.42. The Kier molecular flexibility index (Phi) is 6.00. The zero-order valence-electron chi connectivity index (χ0n) is 17.1. The Bertz CT molecular complexity index is 1130. The van der Waals surface area contributed by atoms with Gasteiger partial charge in [-0.3, -0.25) is 4.79 Å². The first-order valence-electron chi connectivity index (χ1n) is 10.1. The molecule has 0 fully saturated rings. The molecule has 4 rings (SSSR count). The van der Waals surface area contributed by atoms with Gasteiger partial charge in [0.2, 0.25) is 0 Å². The fourth-order valence-corrected chi connectivity index (χ4v) is 4.45. The summed E-state index contributed by atoms with van der Waals surface area (Å²) in [5, 5.41) is 0. The predicted molar refractivity (Wildman–Crippen MR) is 121 cm³/mol. The maximum Gasteiger partial charge on any atom is 0.253 e. The third-order valence-electron chi connectivity index (χ3n) is 5.09. The Morgan fingerprint density at radius 1 is 1.03 bits per heavy atom. The molecule has 0 atom stereocenters. The molecular weight excluding hydrogens is 395 g/mol. The van der Waals surface area contributed by atoms with E-state index in [4.69, 9.17) is 4.99 Å². The molecule has 0 aliphatic carbocycles. The van der Waals surface area contributed by atoms with Gasteiger partial charge in [0.25, 0.3) is 5.91 Å². The van der Waals surface area contributed by atoms with Crippen molar-refractivity contribution in [3.05, 3.63) is 89.2 Å². The molecule has 152 valence electrons. The molecule has 0 saturated heterocycles. The molecule has 0 bridgehead atoms. The average Bonchev–Trinajstić information content (AvgIpc) is 2.93. The lowest BCUT2D eigenvalue weighted by atomic mass is 10.0. The average molecular weight is 419 g/mol. The second-order valence-electron chi connectivity index (χ2n) is 7.33. The molecular formula is C25H23FN2OS. The SMILES string of the molecule is CCCCN(C)C(=O)c1ccc2c(c1)N=C(c1cccc(F)c1)c1ccccc1S2. The van der Waals surface area contributed by atoms with Crippen LogP contribution in [0.25, 0.3) is 0 Å². The highest BCUT2D eigenvalue weighted by molar-refractivity contribution is 7.99. The van der Waals surface area contributed by atoms with Crippen molar-refractivity contribution in [2.24, 2.45) is 4.99 Å². The van der Waals surface area contributed by atoms with Gasteiger partial charge in [-0.15, -0.1) is 0 Å². The van der Waals surface area contributed by atoms with Crippen molar-refractivity contribution in [2.45, 2.75) is 29.6 Å². The van der Waals surface area contributed by atoms with E-state index in [1.807, 2.05) is 55.6 Å². The van der Waals surface area contributed by atoms with Gasteiger partial charge in [-0.25, -0.2) is 9.38 Å². The van der Waals surface area contributed by atoms with Crippen LogP contribution in [0.5, 0.6) is 0 Å². The number of amides is 1. The number of benzene rings is 3. The standard InChI is InChI=1S/C25H23FN2OS/c1-3-4-14-28(2)25(29)18-12-13-23-21(16-18)27-24(17-8-7-9-19(26)15-17)20-10-5-6-11-22(20)30-23/h5-13,15-16H,3-4,14H2,1-2H3.